The number of piperidine rings is 1. The van der Waals surface area contributed by atoms with Crippen LogP contribution in [-0.2, 0) is 4.79 Å². The highest BCUT2D eigenvalue weighted by Crippen LogP contribution is 2.32. The molecule has 1 aliphatic carbocycles. The lowest BCUT2D eigenvalue weighted by atomic mass is 9.96. The Kier molecular flexibility index (Phi) is 3.51. The zero-order valence-corrected chi connectivity index (χ0v) is 13.0. The highest BCUT2D eigenvalue weighted by Gasteiger charge is 2.34. The van der Waals surface area contributed by atoms with Crippen LogP contribution in [0.25, 0.3) is 5.65 Å². The van der Waals surface area contributed by atoms with Gasteiger partial charge in [-0.05, 0) is 31.6 Å². The third kappa shape index (κ3) is 2.93. The molecule has 3 N–H and O–H groups in total. The molecule has 0 bridgehead atoms. The molecule has 1 saturated heterocycles. The smallest absolute Gasteiger partial charge is 0.225 e. The monoisotopic (exact) mass is 315 g/mol. The standard InChI is InChI=1S/C15H21N7O/c16-15-19-12(7-13-20-18-9-22(13)15)17-8-10-3-5-21(6-4-10)14(23)11-1-2-11/h7,9-11,17H,1-6,8H2,(H2,16,19). The van der Waals surface area contributed by atoms with E-state index in [1.165, 1.54) is 0 Å². The van der Waals surface area contributed by atoms with E-state index in [1.807, 2.05) is 11.0 Å². The number of carbonyl (C=O) groups excluding carboxylic acids is 1. The fourth-order valence-electron chi connectivity index (χ4n) is 3.14. The molecule has 2 aliphatic rings. The summed E-state index contributed by atoms with van der Waals surface area (Å²) in [5, 5.41) is 11.2. The van der Waals surface area contributed by atoms with Crippen molar-refractivity contribution in [3.63, 3.8) is 0 Å². The van der Waals surface area contributed by atoms with E-state index in [1.54, 1.807) is 10.7 Å². The minimum Gasteiger partial charge on any atom is -0.370 e. The number of carbonyl (C=O) groups is 1. The third-order valence-corrected chi connectivity index (χ3v) is 4.75. The van der Waals surface area contributed by atoms with Crippen molar-refractivity contribution in [2.24, 2.45) is 11.8 Å². The molecule has 0 atom stereocenters. The topological polar surface area (TPSA) is 101 Å². The highest BCUT2D eigenvalue weighted by molar-refractivity contribution is 5.81. The van der Waals surface area contributed by atoms with E-state index in [-0.39, 0.29) is 0 Å². The van der Waals surface area contributed by atoms with Crippen molar-refractivity contribution in [1.29, 1.82) is 0 Å². The predicted molar refractivity (Wildman–Crippen MR) is 85.7 cm³/mol. The largest absolute Gasteiger partial charge is 0.370 e. The van der Waals surface area contributed by atoms with Crippen LogP contribution in [0.2, 0.25) is 0 Å². The predicted octanol–water partition coefficient (Wildman–Crippen LogP) is 0.767. The first kappa shape index (κ1) is 14.2. The van der Waals surface area contributed by atoms with Gasteiger partial charge in [0.15, 0.2) is 5.65 Å². The van der Waals surface area contributed by atoms with Gasteiger partial charge in [0.25, 0.3) is 0 Å². The first-order chi connectivity index (χ1) is 11.2. The van der Waals surface area contributed by atoms with Crippen LogP contribution in [-0.4, -0.2) is 50.0 Å². The van der Waals surface area contributed by atoms with Crippen LogP contribution in [0.1, 0.15) is 25.7 Å². The summed E-state index contributed by atoms with van der Waals surface area (Å²) in [6.07, 6.45) is 5.79. The molecule has 0 unspecified atom stereocenters. The van der Waals surface area contributed by atoms with E-state index in [4.69, 9.17) is 5.73 Å². The molecule has 8 nitrogen and oxygen atoms in total. The van der Waals surface area contributed by atoms with Gasteiger partial charge in [0.2, 0.25) is 11.9 Å². The van der Waals surface area contributed by atoms with Crippen molar-refractivity contribution >= 4 is 23.3 Å². The minimum atomic E-state index is 0.326. The van der Waals surface area contributed by atoms with Gasteiger partial charge in [-0.1, -0.05) is 0 Å². The third-order valence-electron chi connectivity index (χ3n) is 4.75. The number of nitrogens with zero attached hydrogens (tertiary/aromatic N) is 5. The number of hydrogen-bond acceptors (Lipinski definition) is 6. The summed E-state index contributed by atoms with van der Waals surface area (Å²) in [4.78, 5) is 18.4. The molecule has 23 heavy (non-hydrogen) atoms. The maximum atomic E-state index is 12.1. The van der Waals surface area contributed by atoms with Gasteiger partial charge in [-0.15, -0.1) is 10.2 Å². The molecule has 1 saturated carbocycles. The Labute approximate surface area is 134 Å². The fourth-order valence-corrected chi connectivity index (χ4v) is 3.14. The normalized spacial score (nSPS) is 19.2. The second-order valence-corrected chi connectivity index (χ2v) is 6.48. The van der Waals surface area contributed by atoms with Crippen molar-refractivity contribution in [3.05, 3.63) is 12.4 Å². The van der Waals surface area contributed by atoms with E-state index >= 15 is 0 Å². The molecule has 0 spiro atoms. The Bertz CT molecular complexity index is 716. The van der Waals surface area contributed by atoms with E-state index in [0.717, 1.165) is 51.1 Å². The van der Waals surface area contributed by atoms with E-state index < -0.39 is 0 Å². The number of rotatable bonds is 4. The molecule has 1 amide bonds. The van der Waals surface area contributed by atoms with Gasteiger partial charge in [-0.3, -0.25) is 9.20 Å². The molecular formula is C15H21N7O. The number of amides is 1. The summed E-state index contributed by atoms with van der Waals surface area (Å²) in [6.45, 7) is 2.59. The van der Waals surface area contributed by atoms with Crippen LogP contribution >= 0.6 is 0 Å². The number of likely N-dealkylation sites (tertiary alicyclic amines) is 1. The van der Waals surface area contributed by atoms with Crippen LogP contribution < -0.4 is 11.1 Å². The summed E-state index contributed by atoms with van der Waals surface area (Å²) in [5.41, 5.74) is 6.57. The lowest BCUT2D eigenvalue weighted by Gasteiger charge is -2.32. The van der Waals surface area contributed by atoms with E-state index in [2.05, 4.69) is 20.5 Å². The molecule has 2 aromatic rings. The van der Waals surface area contributed by atoms with Crippen molar-refractivity contribution < 1.29 is 4.79 Å². The molecular weight excluding hydrogens is 294 g/mol. The van der Waals surface area contributed by atoms with Gasteiger partial charge in [-0.2, -0.15) is 4.98 Å². The zero-order valence-electron chi connectivity index (χ0n) is 13.0. The number of hydrogen-bond donors (Lipinski definition) is 2. The van der Waals surface area contributed by atoms with Gasteiger partial charge in [0.05, 0.1) is 0 Å². The Morgan fingerprint density at radius 3 is 2.83 bits per heavy atom. The summed E-state index contributed by atoms with van der Waals surface area (Å²) in [7, 11) is 0. The minimum absolute atomic E-state index is 0.326. The molecule has 3 heterocycles. The van der Waals surface area contributed by atoms with E-state index in [9.17, 15) is 4.79 Å². The zero-order chi connectivity index (χ0) is 15.8. The van der Waals surface area contributed by atoms with Gasteiger partial charge in [0.1, 0.15) is 12.1 Å². The molecule has 0 aromatic carbocycles. The summed E-state index contributed by atoms with van der Waals surface area (Å²) in [5.74, 6) is 2.34. The Morgan fingerprint density at radius 1 is 1.30 bits per heavy atom. The SMILES string of the molecule is Nc1nc(NCC2CCN(C(=O)C3CC3)CC2)cc2nncn12. The van der Waals surface area contributed by atoms with Gasteiger partial charge in [-0.25, -0.2) is 0 Å². The molecule has 2 aromatic heterocycles. The lowest BCUT2D eigenvalue weighted by Crippen LogP contribution is -2.40. The molecule has 4 rings (SSSR count). The molecule has 2 fully saturated rings. The Balaban J connectivity index is 1.31. The number of fused-ring (bicyclic) bond motifs is 1. The summed E-state index contributed by atoms with van der Waals surface area (Å²) >= 11 is 0. The van der Waals surface area contributed by atoms with Crippen LogP contribution in [0, 0.1) is 11.8 Å². The van der Waals surface area contributed by atoms with Crippen molar-refractivity contribution in [3.8, 4) is 0 Å². The highest BCUT2D eigenvalue weighted by atomic mass is 16.2. The van der Waals surface area contributed by atoms with Crippen molar-refractivity contribution in [2.45, 2.75) is 25.7 Å². The van der Waals surface area contributed by atoms with Crippen molar-refractivity contribution in [1.82, 2.24) is 24.5 Å². The number of anilines is 2. The first-order valence-corrected chi connectivity index (χ1v) is 8.19. The molecule has 8 heteroatoms. The van der Waals surface area contributed by atoms with Crippen molar-refractivity contribution in [2.75, 3.05) is 30.7 Å². The molecule has 0 radical (unpaired) electrons. The summed E-state index contributed by atoms with van der Waals surface area (Å²) in [6, 6.07) is 1.84. The average Bonchev–Trinajstić information content (AvgIpc) is 3.31. The van der Waals surface area contributed by atoms with Gasteiger partial charge >= 0.3 is 0 Å². The van der Waals surface area contributed by atoms with E-state index in [0.29, 0.717) is 29.3 Å². The second-order valence-electron chi connectivity index (χ2n) is 6.48. The Morgan fingerprint density at radius 2 is 2.09 bits per heavy atom. The van der Waals surface area contributed by atoms with Gasteiger partial charge < -0.3 is 16.0 Å². The molecule has 122 valence electrons. The number of nitrogen functional groups attached to an aromatic ring is 1. The van der Waals surface area contributed by atoms with Crippen LogP contribution in [0.4, 0.5) is 11.8 Å². The summed E-state index contributed by atoms with van der Waals surface area (Å²) < 4.78 is 1.65. The van der Waals surface area contributed by atoms with Crippen LogP contribution in [0.3, 0.4) is 0 Å². The van der Waals surface area contributed by atoms with Crippen LogP contribution in [0.15, 0.2) is 12.4 Å². The number of aromatic nitrogens is 4. The quantitative estimate of drug-likeness (QED) is 0.864. The first-order valence-electron chi connectivity index (χ1n) is 8.19. The van der Waals surface area contributed by atoms with Crippen LogP contribution in [0.5, 0.6) is 0 Å². The lowest BCUT2D eigenvalue weighted by molar-refractivity contribution is -0.133. The maximum Gasteiger partial charge on any atom is 0.225 e. The second kappa shape index (κ2) is 5.68. The fraction of sp³-hybridized carbons (Fsp3) is 0.600. The van der Waals surface area contributed by atoms with Gasteiger partial charge in [0, 0.05) is 31.6 Å². The maximum absolute atomic E-state index is 12.1. The molecule has 1 aliphatic heterocycles. The number of nitrogens with two attached hydrogens (primary N) is 1. The average molecular weight is 315 g/mol. The Hall–Kier alpha value is -2.38. The number of nitrogens with one attached hydrogen (secondary N) is 1.